The smallest absolute Gasteiger partial charge is 0.242 e. The minimum absolute atomic E-state index is 0.242. The van der Waals surface area contributed by atoms with Crippen LogP contribution in [-0.2, 0) is 10.0 Å². The topological polar surface area (TPSA) is 72.2 Å². The zero-order chi connectivity index (χ0) is 15.6. The Morgan fingerprint density at radius 1 is 1.14 bits per heavy atom. The van der Waals surface area contributed by atoms with Crippen LogP contribution in [-0.4, -0.2) is 15.0 Å². The van der Waals surface area contributed by atoms with Crippen LogP contribution >= 0.6 is 0 Å². The average molecular weight is 310 g/mol. The molecule has 1 saturated carbocycles. The Hall–Kier alpha value is -1.07. The molecule has 0 amide bonds. The molecule has 0 saturated heterocycles. The molecule has 2 rings (SSSR count). The van der Waals surface area contributed by atoms with Crippen molar-refractivity contribution in [1.82, 2.24) is 4.72 Å². The molecule has 0 atom stereocenters. The van der Waals surface area contributed by atoms with E-state index < -0.39 is 10.0 Å². The quantitative estimate of drug-likeness (QED) is 0.840. The van der Waals surface area contributed by atoms with Gasteiger partial charge in [-0.25, -0.2) is 13.1 Å². The second kappa shape index (κ2) is 6.36. The van der Waals surface area contributed by atoms with Crippen LogP contribution in [0.4, 0.5) is 5.69 Å². The minimum Gasteiger partial charge on any atom is -0.397 e. The number of nitrogens with one attached hydrogen (secondary N) is 1. The zero-order valence-corrected chi connectivity index (χ0v) is 14.0. The van der Waals surface area contributed by atoms with Crippen molar-refractivity contribution in [2.45, 2.75) is 51.3 Å². The Morgan fingerprint density at radius 3 is 2.33 bits per heavy atom. The third-order valence-corrected chi connectivity index (χ3v) is 6.20. The normalized spacial score (nSPS) is 23.2. The van der Waals surface area contributed by atoms with Gasteiger partial charge in [0.25, 0.3) is 0 Å². The monoisotopic (exact) mass is 310 g/mol. The van der Waals surface area contributed by atoms with E-state index >= 15 is 0 Å². The van der Waals surface area contributed by atoms with E-state index in [0.29, 0.717) is 23.7 Å². The zero-order valence-electron chi connectivity index (χ0n) is 13.1. The first-order chi connectivity index (χ1) is 9.81. The van der Waals surface area contributed by atoms with E-state index in [1.807, 2.05) is 19.1 Å². The number of anilines is 1. The second-order valence-electron chi connectivity index (χ2n) is 6.42. The van der Waals surface area contributed by atoms with Gasteiger partial charge in [0.15, 0.2) is 0 Å². The number of nitrogens with two attached hydrogens (primary N) is 1. The van der Waals surface area contributed by atoms with Crippen molar-refractivity contribution in [3.63, 3.8) is 0 Å². The van der Waals surface area contributed by atoms with Gasteiger partial charge in [-0.2, -0.15) is 0 Å². The highest BCUT2D eigenvalue weighted by Gasteiger charge is 2.24. The molecule has 1 aliphatic rings. The minimum atomic E-state index is -3.53. The lowest BCUT2D eigenvalue weighted by Gasteiger charge is -2.26. The van der Waals surface area contributed by atoms with Gasteiger partial charge in [-0.3, -0.25) is 0 Å². The molecule has 0 aliphatic heterocycles. The molecular formula is C16H26N2O2S. The number of sulfonamides is 1. The number of aryl methyl sites for hydroxylation is 2. The summed E-state index contributed by atoms with van der Waals surface area (Å²) in [4.78, 5) is 0.242. The number of rotatable bonds is 4. The maximum atomic E-state index is 12.5. The van der Waals surface area contributed by atoms with Crippen LogP contribution in [0.15, 0.2) is 17.0 Å². The molecule has 1 aromatic carbocycles. The molecule has 1 aliphatic carbocycles. The van der Waals surface area contributed by atoms with Crippen molar-refractivity contribution in [3.05, 3.63) is 23.3 Å². The molecule has 0 radical (unpaired) electrons. The van der Waals surface area contributed by atoms with Crippen molar-refractivity contribution in [2.75, 3.05) is 12.3 Å². The maximum absolute atomic E-state index is 12.5. The molecule has 0 spiro atoms. The lowest BCUT2D eigenvalue weighted by molar-refractivity contribution is 0.290. The van der Waals surface area contributed by atoms with Crippen molar-refractivity contribution < 1.29 is 8.42 Å². The van der Waals surface area contributed by atoms with Gasteiger partial charge in [0, 0.05) is 6.54 Å². The van der Waals surface area contributed by atoms with Crippen molar-refractivity contribution in [2.24, 2.45) is 11.8 Å². The van der Waals surface area contributed by atoms with Crippen LogP contribution in [0, 0.1) is 25.7 Å². The fraction of sp³-hybridized carbons (Fsp3) is 0.625. The highest BCUT2D eigenvalue weighted by Crippen LogP contribution is 2.29. The van der Waals surface area contributed by atoms with Crippen LogP contribution in [0.3, 0.4) is 0 Å². The summed E-state index contributed by atoms with van der Waals surface area (Å²) in [6, 6.07) is 3.66. The maximum Gasteiger partial charge on any atom is 0.242 e. The van der Waals surface area contributed by atoms with E-state index in [1.165, 1.54) is 12.8 Å². The number of nitrogen functional groups attached to an aromatic ring is 1. The molecule has 0 unspecified atom stereocenters. The Balaban J connectivity index is 2.11. The first-order valence-corrected chi connectivity index (χ1v) is 9.15. The molecule has 0 bridgehead atoms. The van der Waals surface area contributed by atoms with E-state index in [0.717, 1.165) is 24.3 Å². The average Bonchev–Trinajstić information content (AvgIpc) is 2.43. The van der Waals surface area contributed by atoms with Crippen LogP contribution in [0.1, 0.15) is 43.7 Å². The predicted octanol–water partition coefficient (Wildman–Crippen LogP) is 2.99. The largest absolute Gasteiger partial charge is 0.397 e. The third-order valence-electron chi connectivity index (χ3n) is 4.58. The van der Waals surface area contributed by atoms with Crippen LogP contribution in [0.25, 0.3) is 0 Å². The summed E-state index contributed by atoms with van der Waals surface area (Å²) in [7, 11) is -3.53. The Labute approximate surface area is 128 Å². The van der Waals surface area contributed by atoms with E-state index in [4.69, 9.17) is 5.73 Å². The summed E-state index contributed by atoms with van der Waals surface area (Å²) in [5.74, 6) is 1.22. The van der Waals surface area contributed by atoms with E-state index in [1.54, 1.807) is 6.92 Å². The van der Waals surface area contributed by atoms with Crippen molar-refractivity contribution in [3.8, 4) is 0 Å². The molecule has 0 heterocycles. The van der Waals surface area contributed by atoms with E-state index in [2.05, 4.69) is 11.6 Å². The Morgan fingerprint density at radius 2 is 1.71 bits per heavy atom. The van der Waals surface area contributed by atoms with Crippen LogP contribution in [0.5, 0.6) is 0 Å². The molecule has 1 fully saturated rings. The van der Waals surface area contributed by atoms with Gasteiger partial charge in [0.2, 0.25) is 10.0 Å². The van der Waals surface area contributed by atoms with Crippen molar-refractivity contribution >= 4 is 15.7 Å². The molecule has 3 N–H and O–H groups in total. The molecular weight excluding hydrogens is 284 g/mol. The summed E-state index contributed by atoms with van der Waals surface area (Å²) >= 11 is 0. The summed E-state index contributed by atoms with van der Waals surface area (Å²) in [5.41, 5.74) is 7.83. The van der Waals surface area contributed by atoms with Gasteiger partial charge in [0.1, 0.15) is 4.90 Å². The van der Waals surface area contributed by atoms with Gasteiger partial charge in [-0.1, -0.05) is 31.9 Å². The van der Waals surface area contributed by atoms with Crippen LogP contribution < -0.4 is 10.5 Å². The molecule has 118 valence electrons. The van der Waals surface area contributed by atoms with Gasteiger partial charge < -0.3 is 5.73 Å². The molecule has 1 aromatic rings. The summed E-state index contributed by atoms with van der Waals surface area (Å²) in [6.45, 7) is 6.39. The highest BCUT2D eigenvalue weighted by atomic mass is 32.2. The molecule has 5 heteroatoms. The molecule has 4 nitrogen and oxygen atoms in total. The highest BCUT2D eigenvalue weighted by molar-refractivity contribution is 7.89. The Bertz CT molecular complexity index is 603. The summed E-state index contributed by atoms with van der Waals surface area (Å²) < 4.78 is 27.8. The second-order valence-corrected chi connectivity index (χ2v) is 8.12. The first-order valence-electron chi connectivity index (χ1n) is 7.66. The lowest BCUT2D eigenvalue weighted by atomic mass is 9.83. The fourth-order valence-corrected chi connectivity index (χ4v) is 4.54. The SMILES string of the molecule is Cc1ccc(C)c(S(=O)(=O)NCC2CCC(C)CC2)c1N. The molecule has 0 aromatic heterocycles. The predicted molar refractivity (Wildman–Crippen MR) is 86.6 cm³/mol. The van der Waals surface area contributed by atoms with Gasteiger partial charge in [-0.15, -0.1) is 0 Å². The third kappa shape index (κ3) is 3.77. The number of hydrogen-bond acceptors (Lipinski definition) is 3. The van der Waals surface area contributed by atoms with Gasteiger partial charge in [0.05, 0.1) is 5.69 Å². The summed E-state index contributed by atoms with van der Waals surface area (Å²) in [6.07, 6.45) is 4.59. The molecule has 21 heavy (non-hydrogen) atoms. The fourth-order valence-electron chi connectivity index (χ4n) is 3.00. The lowest BCUT2D eigenvalue weighted by Crippen LogP contribution is -2.32. The van der Waals surface area contributed by atoms with Crippen LogP contribution in [0.2, 0.25) is 0 Å². The van der Waals surface area contributed by atoms with Crippen molar-refractivity contribution in [1.29, 1.82) is 0 Å². The van der Waals surface area contributed by atoms with Gasteiger partial charge >= 0.3 is 0 Å². The standard InChI is InChI=1S/C16H26N2O2S/c1-11-4-8-14(9-5-11)10-18-21(19,20)16-13(3)7-6-12(2)15(16)17/h6-7,11,14,18H,4-5,8-10,17H2,1-3H3. The first kappa shape index (κ1) is 16.3. The number of benzene rings is 1. The van der Waals surface area contributed by atoms with E-state index in [-0.39, 0.29) is 4.90 Å². The van der Waals surface area contributed by atoms with Gasteiger partial charge in [-0.05, 0) is 49.7 Å². The Kier molecular flexibility index (Phi) is 4.94. The summed E-state index contributed by atoms with van der Waals surface area (Å²) in [5, 5.41) is 0. The van der Waals surface area contributed by atoms with E-state index in [9.17, 15) is 8.42 Å². The number of hydrogen-bond donors (Lipinski definition) is 2.